The van der Waals surface area contributed by atoms with Gasteiger partial charge < -0.3 is 5.32 Å². The first-order valence-corrected chi connectivity index (χ1v) is 4.66. The van der Waals surface area contributed by atoms with Gasteiger partial charge in [0.15, 0.2) is 5.82 Å². The van der Waals surface area contributed by atoms with E-state index in [-0.39, 0.29) is 11.5 Å². The SMILES string of the molecule is O=C(Nc1cccnc1-n1cncn1)C(F)(F)F. The Hall–Kier alpha value is -2.45. The van der Waals surface area contributed by atoms with E-state index in [1.165, 1.54) is 31.0 Å². The fraction of sp³-hybridized carbons (Fsp3) is 0.111. The number of alkyl halides is 3. The summed E-state index contributed by atoms with van der Waals surface area (Å²) in [4.78, 5) is 18.3. The third-order valence-corrected chi connectivity index (χ3v) is 1.93. The Morgan fingerprint density at radius 3 is 2.78 bits per heavy atom. The van der Waals surface area contributed by atoms with E-state index in [1.54, 1.807) is 5.32 Å². The molecule has 9 heteroatoms. The number of rotatable bonds is 2. The third kappa shape index (κ3) is 2.44. The number of nitrogens with one attached hydrogen (secondary N) is 1. The summed E-state index contributed by atoms with van der Waals surface area (Å²) >= 11 is 0. The van der Waals surface area contributed by atoms with Crippen molar-refractivity contribution in [2.24, 2.45) is 0 Å². The molecular weight excluding hydrogens is 251 g/mol. The number of hydrogen-bond acceptors (Lipinski definition) is 4. The Bertz CT molecular complexity index is 552. The van der Waals surface area contributed by atoms with Crippen molar-refractivity contribution < 1.29 is 18.0 Å². The molecule has 2 aromatic heterocycles. The average molecular weight is 257 g/mol. The number of carbonyl (C=O) groups is 1. The third-order valence-electron chi connectivity index (χ3n) is 1.93. The lowest BCUT2D eigenvalue weighted by atomic mass is 10.3. The van der Waals surface area contributed by atoms with Gasteiger partial charge in [-0.15, -0.1) is 0 Å². The molecule has 0 aliphatic rings. The maximum absolute atomic E-state index is 12.1. The zero-order valence-corrected chi connectivity index (χ0v) is 8.72. The van der Waals surface area contributed by atoms with Crippen molar-refractivity contribution in [1.29, 1.82) is 0 Å². The van der Waals surface area contributed by atoms with Gasteiger partial charge >= 0.3 is 12.1 Å². The molecule has 2 rings (SSSR count). The van der Waals surface area contributed by atoms with E-state index in [4.69, 9.17) is 0 Å². The molecule has 0 aromatic carbocycles. The normalized spacial score (nSPS) is 11.3. The van der Waals surface area contributed by atoms with Gasteiger partial charge in [0, 0.05) is 6.20 Å². The molecule has 0 saturated heterocycles. The summed E-state index contributed by atoms with van der Waals surface area (Å²) in [5, 5.41) is 5.45. The molecule has 0 bridgehead atoms. The molecule has 2 heterocycles. The Morgan fingerprint density at radius 2 is 2.17 bits per heavy atom. The van der Waals surface area contributed by atoms with Gasteiger partial charge in [0.2, 0.25) is 0 Å². The van der Waals surface area contributed by atoms with Gasteiger partial charge in [-0.25, -0.2) is 14.6 Å². The van der Waals surface area contributed by atoms with Gasteiger partial charge in [-0.2, -0.15) is 18.3 Å². The zero-order valence-electron chi connectivity index (χ0n) is 8.72. The average Bonchev–Trinajstić information content (AvgIpc) is 2.82. The molecule has 0 aliphatic heterocycles. The molecule has 0 fully saturated rings. The van der Waals surface area contributed by atoms with Gasteiger partial charge in [0.05, 0.1) is 5.69 Å². The number of halogens is 3. The van der Waals surface area contributed by atoms with Crippen molar-refractivity contribution in [3.8, 4) is 5.82 Å². The highest BCUT2D eigenvalue weighted by molar-refractivity contribution is 5.96. The van der Waals surface area contributed by atoms with Crippen LogP contribution in [0.3, 0.4) is 0 Å². The van der Waals surface area contributed by atoms with Crippen LogP contribution in [0.15, 0.2) is 31.0 Å². The minimum Gasteiger partial charge on any atom is -0.315 e. The fourth-order valence-electron chi connectivity index (χ4n) is 1.19. The number of carbonyl (C=O) groups excluding carboxylic acids is 1. The second-order valence-corrected chi connectivity index (χ2v) is 3.17. The minimum absolute atomic E-state index is 0.0487. The van der Waals surface area contributed by atoms with Crippen LogP contribution in [-0.4, -0.2) is 31.8 Å². The van der Waals surface area contributed by atoms with E-state index < -0.39 is 12.1 Å². The largest absolute Gasteiger partial charge is 0.471 e. The summed E-state index contributed by atoms with van der Waals surface area (Å²) in [7, 11) is 0. The standard InChI is InChI=1S/C9H6F3N5O/c10-9(11,12)8(18)16-6-2-1-3-14-7(6)17-5-13-4-15-17/h1-5H,(H,16,18). The summed E-state index contributed by atoms with van der Waals surface area (Å²) in [6.07, 6.45) is -1.15. The number of anilines is 1. The molecular formula is C9H6F3N5O. The molecule has 0 radical (unpaired) electrons. The van der Waals surface area contributed by atoms with Crippen molar-refractivity contribution in [2.45, 2.75) is 6.18 Å². The first-order valence-electron chi connectivity index (χ1n) is 4.66. The van der Waals surface area contributed by atoms with Crippen LogP contribution in [0.4, 0.5) is 18.9 Å². The number of aromatic nitrogens is 4. The topological polar surface area (TPSA) is 72.7 Å². The van der Waals surface area contributed by atoms with Crippen LogP contribution in [-0.2, 0) is 4.79 Å². The summed E-state index contributed by atoms with van der Waals surface area (Å²) in [5.74, 6) is -2.02. The van der Waals surface area contributed by atoms with Crippen LogP contribution in [0.1, 0.15) is 0 Å². The van der Waals surface area contributed by atoms with E-state index >= 15 is 0 Å². The first-order chi connectivity index (χ1) is 8.48. The van der Waals surface area contributed by atoms with Gasteiger partial charge in [-0.05, 0) is 12.1 Å². The van der Waals surface area contributed by atoms with Gasteiger partial charge in [-0.1, -0.05) is 0 Å². The number of pyridine rings is 1. The summed E-state index contributed by atoms with van der Waals surface area (Å²) in [6.45, 7) is 0. The van der Waals surface area contributed by atoms with Crippen molar-refractivity contribution in [2.75, 3.05) is 5.32 Å². The van der Waals surface area contributed by atoms with E-state index in [9.17, 15) is 18.0 Å². The van der Waals surface area contributed by atoms with E-state index in [0.717, 1.165) is 4.68 Å². The van der Waals surface area contributed by atoms with Gasteiger partial charge in [-0.3, -0.25) is 4.79 Å². The van der Waals surface area contributed by atoms with E-state index in [2.05, 4.69) is 15.1 Å². The summed E-state index contributed by atoms with van der Waals surface area (Å²) in [6, 6.07) is 2.68. The lowest BCUT2D eigenvalue weighted by molar-refractivity contribution is -0.167. The quantitative estimate of drug-likeness (QED) is 0.876. The van der Waals surface area contributed by atoms with Crippen LogP contribution in [0, 0.1) is 0 Å². The van der Waals surface area contributed by atoms with E-state index in [0.29, 0.717) is 0 Å². The maximum atomic E-state index is 12.1. The fourth-order valence-corrected chi connectivity index (χ4v) is 1.19. The van der Waals surface area contributed by atoms with Crippen molar-refractivity contribution in [1.82, 2.24) is 19.7 Å². The molecule has 0 spiro atoms. The molecule has 18 heavy (non-hydrogen) atoms. The maximum Gasteiger partial charge on any atom is 0.471 e. The molecule has 0 saturated carbocycles. The minimum atomic E-state index is -4.96. The van der Waals surface area contributed by atoms with Crippen molar-refractivity contribution >= 4 is 11.6 Å². The van der Waals surface area contributed by atoms with Crippen LogP contribution in [0.2, 0.25) is 0 Å². The monoisotopic (exact) mass is 257 g/mol. The van der Waals surface area contributed by atoms with Gasteiger partial charge in [0.25, 0.3) is 0 Å². The highest BCUT2D eigenvalue weighted by Crippen LogP contribution is 2.21. The van der Waals surface area contributed by atoms with Crippen molar-refractivity contribution in [3.05, 3.63) is 31.0 Å². The lowest BCUT2D eigenvalue weighted by Gasteiger charge is -2.10. The van der Waals surface area contributed by atoms with Crippen LogP contribution >= 0.6 is 0 Å². The zero-order chi connectivity index (χ0) is 13.2. The van der Waals surface area contributed by atoms with Gasteiger partial charge in [0.1, 0.15) is 12.7 Å². The second kappa shape index (κ2) is 4.43. The molecule has 0 unspecified atom stereocenters. The Kier molecular flexibility index (Phi) is 2.96. The van der Waals surface area contributed by atoms with Crippen LogP contribution < -0.4 is 5.32 Å². The smallest absolute Gasteiger partial charge is 0.315 e. The number of amides is 1. The highest BCUT2D eigenvalue weighted by Gasteiger charge is 2.39. The van der Waals surface area contributed by atoms with Crippen molar-refractivity contribution in [3.63, 3.8) is 0 Å². The summed E-state index contributed by atoms with van der Waals surface area (Å²) in [5.41, 5.74) is -0.106. The number of hydrogen-bond donors (Lipinski definition) is 1. The molecule has 94 valence electrons. The van der Waals surface area contributed by atoms with E-state index in [1.807, 2.05) is 0 Å². The Morgan fingerprint density at radius 1 is 1.39 bits per heavy atom. The molecule has 0 atom stereocenters. The van der Waals surface area contributed by atoms with Crippen LogP contribution in [0.5, 0.6) is 0 Å². The number of nitrogens with zero attached hydrogens (tertiary/aromatic N) is 4. The predicted molar refractivity (Wildman–Crippen MR) is 53.8 cm³/mol. The Labute approximate surface area is 98.5 Å². The first kappa shape index (κ1) is 12.0. The molecule has 0 aliphatic carbocycles. The van der Waals surface area contributed by atoms with Crippen LogP contribution in [0.25, 0.3) is 5.82 Å². The molecule has 6 nitrogen and oxygen atoms in total. The molecule has 1 amide bonds. The lowest BCUT2D eigenvalue weighted by Crippen LogP contribution is -2.30. The predicted octanol–water partition coefficient (Wildman–Crippen LogP) is 1.16. The Balaban J connectivity index is 2.32. The molecule has 2 aromatic rings. The summed E-state index contributed by atoms with van der Waals surface area (Å²) < 4.78 is 37.6. The highest BCUT2D eigenvalue weighted by atomic mass is 19.4. The molecule has 1 N–H and O–H groups in total. The second-order valence-electron chi connectivity index (χ2n) is 3.17.